The van der Waals surface area contributed by atoms with Crippen LogP contribution in [-0.2, 0) is 6.54 Å². The standard InChI is InChI=1S/C26H26ClFN10O/c1-15(32-23-17(13-29)22(30)34-26(31)35-23)24-33-21-19(28)8-7-18(27)20(21)25(39)38(24)37-11-9-36(10-12-37)14-16-5-3-2-4-6-16/h2-8,15H,9-12,14H2,1H3,(H5,30,31,32,34,35). The molecule has 1 fully saturated rings. The zero-order valence-electron chi connectivity index (χ0n) is 21.1. The van der Waals surface area contributed by atoms with E-state index in [1.54, 1.807) is 6.92 Å². The van der Waals surface area contributed by atoms with Gasteiger partial charge >= 0.3 is 0 Å². The normalized spacial score (nSPS) is 14.8. The Hall–Kier alpha value is -4.47. The number of aromatic nitrogens is 4. The van der Waals surface area contributed by atoms with Gasteiger partial charge in [0.25, 0.3) is 5.56 Å². The van der Waals surface area contributed by atoms with E-state index < -0.39 is 17.4 Å². The van der Waals surface area contributed by atoms with Gasteiger partial charge in [-0.05, 0) is 24.6 Å². The molecule has 0 saturated carbocycles. The van der Waals surface area contributed by atoms with Gasteiger partial charge in [0.05, 0.1) is 16.5 Å². The van der Waals surface area contributed by atoms with Gasteiger partial charge in [0.1, 0.15) is 28.8 Å². The largest absolute Gasteiger partial charge is 0.382 e. The van der Waals surface area contributed by atoms with Crippen molar-refractivity contribution in [3.05, 3.63) is 80.6 Å². The maximum atomic E-state index is 14.9. The van der Waals surface area contributed by atoms with Crippen LogP contribution in [0.3, 0.4) is 0 Å². The molecule has 0 amide bonds. The van der Waals surface area contributed by atoms with E-state index in [1.165, 1.54) is 22.4 Å². The van der Waals surface area contributed by atoms with Gasteiger partial charge in [0, 0.05) is 32.7 Å². The molecular formula is C26H26ClFN10O. The topological polar surface area (TPSA) is 155 Å². The molecular weight excluding hydrogens is 523 g/mol. The van der Waals surface area contributed by atoms with Crippen molar-refractivity contribution >= 4 is 40.1 Å². The Kier molecular flexibility index (Phi) is 7.19. The second-order valence-electron chi connectivity index (χ2n) is 9.22. The minimum absolute atomic E-state index is 0.00510. The average Bonchev–Trinajstić information content (AvgIpc) is 2.91. The summed E-state index contributed by atoms with van der Waals surface area (Å²) in [6, 6.07) is 13.9. The number of nitrogens with one attached hydrogen (secondary N) is 1. The second-order valence-corrected chi connectivity index (χ2v) is 9.63. The molecule has 5 rings (SSSR count). The zero-order valence-corrected chi connectivity index (χ0v) is 21.9. The monoisotopic (exact) mass is 548 g/mol. The van der Waals surface area contributed by atoms with Crippen molar-refractivity contribution in [1.82, 2.24) is 24.5 Å². The maximum Gasteiger partial charge on any atom is 0.281 e. The molecule has 2 aromatic heterocycles. The summed E-state index contributed by atoms with van der Waals surface area (Å²) in [6.45, 7) is 4.92. The number of benzene rings is 2. The molecule has 39 heavy (non-hydrogen) atoms. The molecule has 1 aliphatic rings. The third-order valence-electron chi connectivity index (χ3n) is 6.61. The van der Waals surface area contributed by atoms with Crippen LogP contribution in [0, 0.1) is 17.1 Å². The van der Waals surface area contributed by atoms with Crippen LogP contribution in [0.2, 0.25) is 5.02 Å². The number of nitrogens with two attached hydrogens (primary N) is 2. The summed E-state index contributed by atoms with van der Waals surface area (Å²) in [7, 11) is 0. The molecule has 13 heteroatoms. The van der Waals surface area contributed by atoms with Crippen molar-refractivity contribution in [2.24, 2.45) is 0 Å². The Bertz CT molecular complexity index is 1630. The van der Waals surface area contributed by atoms with E-state index in [-0.39, 0.29) is 44.9 Å². The maximum absolute atomic E-state index is 14.9. The van der Waals surface area contributed by atoms with Gasteiger partial charge in [-0.2, -0.15) is 15.2 Å². The molecule has 0 aliphatic carbocycles. The summed E-state index contributed by atoms with van der Waals surface area (Å²) < 4.78 is 16.3. The van der Waals surface area contributed by atoms with E-state index in [4.69, 9.17) is 23.1 Å². The molecule has 1 aliphatic heterocycles. The van der Waals surface area contributed by atoms with Crippen LogP contribution in [0.25, 0.3) is 10.9 Å². The van der Waals surface area contributed by atoms with E-state index in [0.29, 0.717) is 26.2 Å². The fraction of sp³-hybridized carbons (Fsp3) is 0.269. The van der Waals surface area contributed by atoms with Crippen molar-refractivity contribution in [2.75, 3.05) is 48.0 Å². The first kappa shape index (κ1) is 26.1. The van der Waals surface area contributed by atoms with Crippen LogP contribution >= 0.6 is 11.6 Å². The smallest absolute Gasteiger partial charge is 0.281 e. The lowest BCUT2D eigenvalue weighted by Crippen LogP contribution is -2.55. The molecule has 3 heterocycles. The third-order valence-corrected chi connectivity index (χ3v) is 6.93. The number of fused-ring (bicyclic) bond motifs is 1. The number of nitriles is 1. The number of hydrogen-bond donors (Lipinski definition) is 3. The Morgan fingerprint density at radius 1 is 1.10 bits per heavy atom. The van der Waals surface area contributed by atoms with Crippen LogP contribution in [0.15, 0.2) is 47.3 Å². The van der Waals surface area contributed by atoms with Gasteiger partial charge < -0.3 is 21.8 Å². The molecule has 0 spiro atoms. The molecule has 5 N–H and O–H groups in total. The van der Waals surface area contributed by atoms with Gasteiger partial charge in [-0.15, -0.1) is 0 Å². The summed E-state index contributed by atoms with van der Waals surface area (Å²) in [5, 5.41) is 14.6. The predicted molar refractivity (Wildman–Crippen MR) is 148 cm³/mol. The predicted octanol–water partition coefficient (Wildman–Crippen LogP) is 2.64. The lowest BCUT2D eigenvalue weighted by atomic mass is 10.2. The lowest BCUT2D eigenvalue weighted by molar-refractivity contribution is 0.229. The van der Waals surface area contributed by atoms with Crippen LogP contribution in [-0.4, -0.2) is 50.7 Å². The fourth-order valence-electron chi connectivity index (χ4n) is 4.70. The zero-order chi connectivity index (χ0) is 27.7. The highest BCUT2D eigenvalue weighted by Gasteiger charge is 2.27. The first-order valence-corrected chi connectivity index (χ1v) is 12.7. The summed E-state index contributed by atoms with van der Waals surface area (Å²) in [6.07, 6.45) is 0. The molecule has 4 aromatic rings. The van der Waals surface area contributed by atoms with Gasteiger partial charge in [0.2, 0.25) is 5.95 Å². The molecule has 1 atom stereocenters. The van der Waals surface area contributed by atoms with Crippen molar-refractivity contribution < 1.29 is 4.39 Å². The Morgan fingerprint density at radius 3 is 2.51 bits per heavy atom. The highest BCUT2D eigenvalue weighted by Crippen LogP contribution is 2.27. The van der Waals surface area contributed by atoms with Crippen molar-refractivity contribution in [1.29, 1.82) is 5.26 Å². The van der Waals surface area contributed by atoms with Crippen LogP contribution in [0.5, 0.6) is 0 Å². The first-order chi connectivity index (χ1) is 18.8. The second kappa shape index (κ2) is 10.7. The number of rotatable bonds is 6. The summed E-state index contributed by atoms with van der Waals surface area (Å²) >= 11 is 6.35. The number of halogens is 2. The molecule has 0 radical (unpaired) electrons. The van der Waals surface area contributed by atoms with Crippen molar-refractivity contribution in [3.8, 4) is 6.07 Å². The van der Waals surface area contributed by atoms with Gasteiger partial charge in [-0.1, -0.05) is 41.9 Å². The summed E-state index contributed by atoms with van der Waals surface area (Å²) in [5.41, 5.74) is 12.2. The van der Waals surface area contributed by atoms with Gasteiger partial charge in [0.15, 0.2) is 11.6 Å². The van der Waals surface area contributed by atoms with E-state index in [2.05, 4.69) is 37.3 Å². The minimum atomic E-state index is -0.719. The van der Waals surface area contributed by atoms with E-state index in [1.807, 2.05) is 29.3 Å². The van der Waals surface area contributed by atoms with Crippen LogP contribution < -0.4 is 27.4 Å². The van der Waals surface area contributed by atoms with Gasteiger partial charge in [-0.3, -0.25) is 9.69 Å². The number of nitrogens with zero attached hydrogens (tertiary/aromatic N) is 7. The number of hydrogen-bond acceptors (Lipinski definition) is 10. The minimum Gasteiger partial charge on any atom is -0.382 e. The highest BCUT2D eigenvalue weighted by molar-refractivity contribution is 6.35. The quantitative estimate of drug-likeness (QED) is 0.327. The molecule has 11 nitrogen and oxygen atoms in total. The molecule has 0 bridgehead atoms. The summed E-state index contributed by atoms with van der Waals surface area (Å²) in [5.74, 6) is -0.596. The van der Waals surface area contributed by atoms with E-state index in [0.717, 1.165) is 6.54 Å². The van der Waals surface area contributed by atoms with Crippen LogP contribution in [0.4, 0.5) is 22.0 Å². The van der Waals surface area contributed by atoms with Crippen molar-refractivity contribution in [2.45, 2.75) is 19.5 Å². The van der Waals surface area contributed by atoms with Gasteiger partial charge in [-0.25, -0.2) is 14.1 Å². The highest BCUT2D eigenvalue weighted by atomic mass is 35.5. The third kappa shape index (κ3) is 5.14. The molecule has 200 valence electrons. The first-order valence-electron chi connectivity index (χ1n) is 12.3. The average molecular weight is 549 g/mol. The van der Waals surface area contributed by atoms with Crippen LogP contribution in [0.1, 0.15) is 29.9 Å². The van der Waals surface area contributed by atoms with E-state index >= 15 is 0 Å². The summed E-state index contributed by atoms with van der Waals surface area (Å²) in [4.78, 5) is 28.6. The molecule has 2 aromatic carbocycles. The Morgan fingerprint density at radius 2 is 1.82 bits per heavy atom. The number of anilines is 3. The number of nitrogen functional groups attached to an aromatic ring is 2. The fourth-order valence-corrected chi connectivity index (χ4v) is 4.93. The Balaban J connectivity index is 1.53. The molecule has 1 saturated heterocycles. The van der Waals surface area contributed by atoms with E-state index in [9.17, 15) is 14.4 Å². The molecule has 1 unspecified atom stereocenters. The lowest BCUT2D eigenvalue weighted by Gasteiger charge is -2.38. The SMILES string of the molecule is CC(Nc1nc(N)nc(N)c1C#N)c1nc2c(F)ccc(Cl)c2c(=O)n1N1CCN(Cc2ccccc2)CC1. The Labute approximate surface area is 228 Å². The number of piperazine rings is 1. The van der Waals surface area contributed by atoms with Crippen molar-refractivity contribution in [3.63, 3.8) is 0 Å².